The lowest BCUT2D eigenvalue weighted by Crippen LogP contribution is -2.40. The third-order valence-corrected chi connectivity index (χ3v) is 4.80. The van der Waals surface area contributed by atoms with Gasteiger partial charge in [-0.3, -0.25) is 9.59 Å². The second kappa shape index (κ2) is 11.1. The van der Waals surface area contributed by atoms with Gasteiger partial charge in [0.25, 0.3) is 11.8 Å². The minimum Gasteiger partial charge on any atom is -0.494 e. The van der Waals surface area contributed by atoms with Crippen molar-refractivity contribution in [1.82, 2.24) is 9.80 Å². The van der Waals surface area contributed by atoms with E-state index in [1.807, 2.05) is 49.4 Å². The molecule has 0 aromatic heterocycles. The predicted molar refractivity (Wildman–Crippen MR) is 113 cm³/mol. The molecule has 2 aromatic carbocycles. The molecule has 0 bridgehead atoms. The number of hydrogen-bond acceptors (Lipinski definition) is 5. The summed E-state index contributed by atoms with van der Waals surface area (Å²) in [6.07, 6.45) is 0.728. The van der Waals surface area contributed by atoms with E-state index < -0.39 is 0 Å². The molecule has 7 nitrogen and oxygen atoms in total. The van der Waals surface area contributed by atoms with Gasteiger partial charge in [0.2, 0.25) is 0 Å². The Morgan fingerprint density at radius 2 is 1.17 bits per heavy atom. The minimum atomic E-state index is -0.0845. The van der Waals surface area contributed by atoms with Gasteiger partial charge in [-0.1, -0.05) is 18.2 Å². The van der Waals surface area contributed by atoms with Gasteiger partial charge in [0, 0.05) is 26.2 Å². The van der Waals surface area contributed by atoms with Crippen molar-refractivity contribution in [2.75, 3.05) is 46.0 Å². The Bertz CT molecular complexity index is 810. The quantitative estimate of drug-likeness (QED) is 0.667. The highest BCUT2D eigenvalue weighted by Gasteiger charge is 2.22. The van der Waals surface area contributed by atoms with Gasteiger partial charge in [-0.2, -0.15) is 0 Å². The van der Waals surface area contributed by atoms with Crippen LogP contribution in [0.1, 0.15) is 13.3 Å². The summed E-state index contributed by atoms with van der Waals surface area (Å²) >= 11 is 0. The second-order valence-electron chi connectivity index (χ2n) is 6.91. The zero-order chi connectivity index (χ0) is 21.2. The molecular weight excluding hydrogens is 384 g/mol. The number of benzene rings is 2. The summed E-state index contributed by atoms with van der Waals surface area (Å²) in [5.41, 5.74) is 0. The molecular formula is C23H28N2O5. The first-order chi connectivity index (χ1) is 14.7. The number of ether oxygens (including phenoxy) is 3. The van der Waals surface area contributed by atoms with Gasteiger partial charge in [0.1, 0.15) is 17.2 Å². The maximum atomic E-state index is 12.5. The zero-order valence-electron chi connectivity index (χ0n) is 17.3. The van der Waals surface area contributed by atoms with Crippen LogP contribution in [0, 0.1) is 0 Å². The van der Waals surface area contributed by atoms with Crippen LogP contribution >= 0.6 is 0 Å². The Hall–Kier alpha value is -3.22. The highest BCUT2D eigenvalue weighted by atomic mass is 16.5. The summed E-state index contributed by atoms with van der Waals surface area (Å²) in [5.74, 6) is 1.91. The predicted octanol–water partition coefficient (Wildman–Crippen LogP) is 2.60. The largest absolute Gasteiger partial charge is 0.494 e. The van der Waals surface area contributed by atoms with E-state index in [-0.39, 0.29) is 25.0 Å². The summed E-state index contributed by atoms with van der Waals surface area (Å²) in [5, 5.41) is 0. The fourth-order valence-electron chi connectivity index (χ4n) is 3.20. The monoisotopic (exact) mass is 412 g/mol. The maximum Gasteiger partial charge on any atom is 0.260 e. The van der Waals surface area contributed by atoms with Crippen LogP contribution in [-0.4, -0.2) is 67.6 Å². The average molecular weight is 412 g/mol. The van der Waals surface area contributed by atoms with E-state index in [9.17, 15) is 9.59 Å². The van der Waals surface area contributed by atoms with E-state index in [0.29, 0.717) is 44.3 Å². The molecule has 30 heavy (non-hydrogen) atoms. The molecule has 0 spiro atoms. The van der Waals surface area contributed by atoms with Crippen molar-refractivity contribution in [1.29, 1.82) is 0 Å². The first-order valence-electron chi connectivity index (χ1n) is 10.2. The van der Waals surface area contributed by atoms with E-state index in [2.05, 4.69) is 0 Å². The Balaban J connectivity index is 1.42. The summed E-state index contributed by atoms with van der Waals surface area (Å²) in [7, 11) is 0. The number of nitrogens with zero attached hydrogens (tertiary/aromatic N) is 2. The van der Waals surface area contributed by atoms with E-state index >= 15 is 0 Å². The molecule has 0 aliphatic carbocycles. The van der Waals surface area contributed by atoms with Crippen LogP contribution in [0.3, 0.4) is 0 Å². The summed E-state index contributed by atoms with van der Waals surface area (Å²) in [6, 6.07) is 16.5. The van der Waals surface area contributed by atoms with E-state index in [1.165, 1.54) is 0 Å². The van der Waals surface area contributed by atoms with Gasteiger partial charge >= 0.3 is 0 Å². The van der Waals surface area contributed by atoms with Crippen LogP contribution in [0.4, 0.5) is 0 Å². The van der Waals surface area contributed by atoms with Crippen LogP contribution in [0.25, 0.3) is 0 Å². The van der Waals surface area contributed by atoms with Crippen molar-refractivity contribution in [2.24, 2.45) is 0 Å². The molecule has 1 aliphatic heterocycles. The highest BCUT2D eigenvalue weighted by Crippen LogP contribution is 2.17. The lowest BCUT2D eigenvalue weighted by Gasteiger charge is -2.22. The molecule has 2 amide bonds. The van der Waals surface area contributed by atoms with Gasteiger partial charge in [-0.15, -0.1) is 0 Å². The molecule has 0 saturated carbocycles. The molecule has 0 radical (unpaired) electrons. The lowest BCUT2D eigenvalue weighted by molar-refractivity contribution is -0.135. The van der Waals surface area contributed by atoms with E-state index in [4.69, 9.17) is 14.2 Å². The first kappa shape index (κ1) is 21.5. The van der Waals surface area contributed by atoms with Crippen molar-refractivity contribution >= 4 is 11.8 Å². The summed E-state index contributed by atoms with van der Waals surface area (Å²) in [4.78, 5) is 28.5. The van der Waals surface area contributed by atoms with Crippen molar-refractivity contribution in [3.63, 3.8) is 0 Å². The molecule has 0 atom stereocenters. The topological polar surface area (TPSA) is 68.3 Å². The molecule has 7 heteroatoms. The maximum absolute atomic E-state index is 12.5. The normalized spacial score (nSPS) is 14.0. The summed E-state index contributed by atoms with van der Waals surface area (Å²) < 4.78 is 16.6. The lowest BCUT2D eigenvalue weighted by atomic mass is 10.3. The van der Waals surface area contributed by atoms with Gasteiger partial charge in [0.05, 0.1) is 6.61 Å². The zero-order valence-corrected chi connectivity index (χ0v) is 17.3. The number of carbonyl (C=O) groups is 2. The number of rotatable bonds is 8. The van der Waals surface area contributed by atoms with Crippen molar-refractivity contribution < 1.29 is 23.8 Å². The Labute approximate surface area is 177 Å². The standard InChI is InChI=1S/C23H28N2O5/c1-2-28-20-9-11-21(12-10-20)30-18-23(27)25-14-6-13-24(15-16-25)22(26)17-29-19-7-4-3-5-8-19/h3-5,7-12H,2,6,13-18H2,1H3. The van der Waals surface area contributed by atoms with Crippen LogP contribution in [-0.2, 0) is 9.59 Å². The fourth-order valence-corrected chi connectivity index (χ4v) is 3.20. The van der Waals surface area contributed by atoms with Gasteiger partial charge in [0.15, 0.2) is 13.2 Å². The third kappa shape index (κ3) is 6.40. The fraction of sp³-hybridized carbons (Fsp3) is 0.391. The van der Waals surface area contributed by atoms with Gasteiger partial charge in [-0.25, -0.2) is 0 Å². The van der Waals surface area contributed by atoms with Crippen molar-refractivity contribution in [3.05, 3.63) is 54.6 Å². The molecule has 160 valence electrons. The van der Waals surface area contributed by atoms with Crippen LogP contribution < -0.4 is 14.2 Å². The van der Waals surface area contributed by atoms with E-state index in [1.54, 1.807) is 21.9 Å². The van der Waals surface area contributed by atoms with E-state index in [0.717, 1.165) is 12.2 Å². The molecule has 1 heterocycles. The van der Waals surface area contributed by atoms with Gasteiger partial charge in [-0.05, 0) is 49.7 Å². The van der Waals surface area contributed by atoms with Gasteiger partial charge < -0.3 is 24.0 Å². The Morgan fingerprint density at radius 1 is 0.700 bits per heavy atom. The Morgan fingerprint density at radius 3 is 1.67 bits per heavy atom. The summed E-state index contributed by atoms with van der Waals surface area (Å²) in [6.45, 7) is 4.70. The second-order valence-corrected chi connectivity index (χ2v) is 6.91. The molecule has 2 aromatic rings. The molecule has 1 aliphatic rings. The highest BCUT2D eigenvalue weighted by molar-refractivity contribution is 5.79. The van der Waals surface area contributed by atoms with Crippen LogP contribution in [0.5, 0.6) is 17.2 Å². The molecule has 0 N–H and O–H groups in total. The number of hydrogen-bond donors (Lipinski definition) is 0. The third-order valence-electron chi connectivity index (χ3n) is 4.80. The van der Waals surface area contributed by atoms with Crippen molar-refractivity contribution in [2.45, 2.75) is 13.3 Å². The molecule has 3 rings (SSSR count). The number of carbonyl (C=O) groups excluding carboxylic acids is 2. The first-order valence-corrected chi connectivity index (χ1v) is 10.2. The Kier molecular flexibility index (Phi) is 7.94. The molecule has 0 unspecified atom stereocenters. The SMILES string of the molecule is CCOc1ccc(OCC(=O)N2CCCN(C(=O)COc3ccccc3)CC2)cc1. The molecule has 1 fully saturated rings. The molecule has 1 saturated heterocycles. The smallest absolute Gasteiger partial charge is 0.260 e. The van der Waals surface area contributed by atoms with Crippen molar-refractivity contribution in [3.8, 4) is 17.2 Å². The van der Waals surface area contributed by atoms with Crippen LogP contribution in [0.2, 0.25) is 0 Å². The van der Waals surface area contributed by atoms with Crippen LogP contribution in [0.15, 0.2) is 54.6 Å². The number of para-hydroxylation sites is 1. The average Bonchev–Trinajstić information content (AvgIpc) is 3.04. The number of amides is 2. The minimum absolute atomic E-state index is 0.00118.